The molecular formula is C41H53F2N3O8S. The van der Waals surface area contributed by atoms with Gasteiger partial charge in [-0.1, -0.05) is 32.4 Å². The van der Waals surface area contributed by atoms with E-state index in [0.717, 1.165) is 25.0 Å². The summed E-state index contributed by atoms with van der Waals surface area (Å²) in [4.78, 5) is 62.3. The summed E-state index contributed by atoms with van der Waals surface area (Å²) in [7, 11) is -3.97. The number of fused-ring (bicyclic) bond motifs is 5. The molecule has 2 amide bonds. The van der Waals surface area contributed by atoms with Crippen molar-refractivity contribution in [1.29, 1.82) is 0 Å². The van der Waals surface area contributed by atoms with Crippen LogP contribution in [0.3, 0.4) is 0 Å². The highest BCUT2D eigenvalue weighted by Gasteiger charge is 2.63. The number of carbonyl (C=O) groups is 4. The van der Waals surface area contributed by atoms with Crippen molar-refractivity contribution in [3.63, 3.8) is 0 Å². The summed E-state index contributed by atoms with van der Waals surface area (Å²) in [5.74, 6) is -4.73. The molecule has 3 fully saturated rings. The van der Waals surface area contributed by atoms with Crippen LogP contribution in [-0.4, -0.2) is 70.9 Å². The smallest absolute Gasteiger partial charge is 0.306 e. The minimum atomic E-state index is -3.97. The molecule has 5 aliphatic rings. The van der Waals surface area contributed by atoms with Crippen molar-refractivity contribution >= 4 is 44.5 Å². The summed E-state index contributed by atoms with van der Waals surface area (Å²) in [6, 6.07) is 1.14. The average molecular weight is 786 g/mol. The van der Waals surface area contributed by atoms with Crippen LogP contribution in [0, 0.1) is 35.8 Å². The number of hydrogen-bond donors (Lipinski definition) is 1. The van der Waals surface area contributed by atoms with Gasteiger partial charge in [0.05, 0.1) is 46.5 Å². The summed E-state index contributed by atoms with van der Waals surface area (Å²) in [6.45, 7) is 6.79. The number of pyridine rings is 1. The highest BCUT2D eigenvalue weighted by molar-refractivity contribution is 7.91. The minimum absolute atomic E-state index is 0. The number of hydrogen-bond acceptors (Lipinski definition) is 9. The van der Waals surface area contributed by atoms with E-state index in [1.54, 1.807) is 27.7 Å². The van der Waals surface area contributed by atoms with Crippen LogP contribution in [0.5, 0.6) is 5.75 Å². The van der Waals surface area contributed by atoms with E-state index in [-0.39, 0.29) is 56.9 Å². The minimum Gasteiger partial charge on any atom is -0.483 e. The summed E-state index contributed by atoms with van der Waals surface area (Å²) >= 11 is 0. The van der Waals surface area contributed by atoms with Crippen molar-refractivity contribution in [2.24, 2.45) is 17.3 Å². The van der Waals surface area contributed by atoms with Gasteiger partial charge in [-0.25, -0.2) is 22.2 Å². The molecule has 5 atom stereocenters. The van der Waals surface area contributed by atoms with E-state index < -0.39 is 61.3 Å². The number of aryl methyl sites for hydroxylation is 2. The largest absolute Gasteiger partial charge is 0.483 e. The molecule has 55 heavy (non-hydrogen) atoms. The topological polar surface area (TPSA) is 149 Å². The van der Waals surface area contributed by atoms with E-state index in [1.165, 1.54) is 4.90 Å². The molecule has 0 bridgehead atoms. The maximum Gasteiger partial charge on any atom is 0.306 e. The normalized spacial score (nSPS) is 29.5. The molecular weight excluding hydrogens is 733 g/mol. The van der Waals surface area contributed by atoms with E-state index in [9.17, 15) is 36.4 Å². The van der Waals surface area contributed by atoms with Gasteiger partial charge >= 0.3 is 5.97 Å². The van der Waals surface area contributed by atoms with Gasteiger partial charge in [0, 0.05) is 35.8 Å². The first-order chi connectivity index (χ1) is 25.5. The Morgan fingerprint density at radius 3 is 2.53 bits per heavy atom. The number of rotatable bonds is 6. The Morgan fingerprint density at radius 1 is 1.09 bits per heavy atom. The van der Waals surface area contributed by atoms with Gasteiger partial charge in [-0.3, -0.25) is 23.9 Å². The summed E-state index contributed by atoms with van der Waals surface area (Å²) < 4.78 is 68.4. The third-order valence-electron chi connectivity index (χ3n) is 12.3. The summed E-state index contributed by atoms with van der Waals surface area (Å²) in [5.41, 5.74) is -0.951. The zero-order chi connectivity index (χ0) is 38.8. The Hall–Kier alpha value is -3.94. The molecule has 0 radical (unpaired) electrons. The second-order valence-electron chi connectivity index (χ2n) is 16.8. The van der Waals surface area contributed by atoms with E-state index in [0.29, 0.717) is 79.3 Å². The number of esters is 1. The number of nitrogens with one attached hydrogen (secondary N) is 1. The maximum absolute atomic E-state index is 14.7. The van der Waals surface area contributed by atoms with Gasteiger partial charge in [0.25, 0.3) is 0 Å². The quantitative estimate of drug-likeness (QED) is 0.254. The standard InChI is InChI=1S/C40H49F2N3O8S.CH4/c1-23(2)52-34(47)16-25-10-8-6-5-7-9-11-26-19-40(26,37(49)44-54(50,51)38(4)14-15-38)21-33(46)32-20-39(22-45(32)36(25)48)13-12-27-28-17-29(41)30(42)18-31(28)43-24(3)35(27)53-39;/h9,11,17-18,23,25-26,32H,5-8,10,12-16,19-22H2,1-4H3,(H,44,49);1H4/b11-9-;/t25-,26-,32+,39-,40-;/m1./s1. The van der Waals surface area contributed by atoms with Crippen molar-refractivity contribution in [3.05, 3.63) is 47.2 Å². The lowest BCUT2D eigenvalue weighted by atomic mass is 9.85. The van der Waals surface area contributed by atoms with Gasteiger partial charge in [-0.05, 0) is 91.0 Å². The van der Waals surface area contributed by atoms with E-state index >= 15 is 0 Å². The molecule has 1 spiro atoms. The number of amides is 2. The van der Waals surface area contributed by atoms with E-state index in [1.807, 2.05) is 12.2 Å². The molecule has 1 aromatic heterocycles. The lowest BCUT2D eigenvalue weighted by Gasteiger charge is -2.36. The number of ether oxygens (including phenoxy) is 2. The number of halogens is 2. The molecule has 1 N–H and O–H groups in total. The Labute approximate surface area is 322 Å². The highest BCUT2D eigenvalue weighted by atomic mass is 32.2. The molecule has 2 aromatic rings. The second-order valence-corrected chi connectivity index (χ2v) is 19.0. The molecule has 4 heterocycles. The fraction of sp³-hybridized carbons (Fsp3) is 0.634. The first kappa shape index (κ1) is 40.7. The van der Waals surface area contributed by atoms with Crippen LogP contribution in [-0.2, 0) is 40.4 Å². The van der Waals surface area contributed by atoms with Crippen molar-refractivity contribution in [3.8, 4) is 5.75 Å². The van der Waals surface area contributed by atoms with Crippen LogP contribution >= 0.6 is 0 Å². The van der Waals surface area contributed by atoms with E-state index in [2.05, 4.69) is 9.71 Å². The van der Waals surface area contributed by atoms with E-state index in [4.69, 9.17) is 9.47 Å². The number of allylic oxidation sites excluding steroid dienone is 2. The lowest BCUT2D eigenvalue weighted by Crippen LogP contribution is -2.48. The average Bonchev–Trinajstić information content (AvgIpc) is 3.99. The van der Waals surface area contributed by atoms with Crippen LogP contribution in [0.2, 0.25) is 0 Å². The van der Waals surface area contributed by atoms with Gasteiger partial charge in [0.1, 0.15) is 11.4 Å². The fourth-order valence-electron chi connectivity index (χ4n) is 8.67. The fourth-order valence-corrected chi connectivity index (χ4v) is 10.0. The predicted octanol–water partition coefficient (Wildman–Crippen LogP) is 6.56. The number of aromatic nitrogens is 1. The van der Waals surface area contributed by atoms with Crippen molar-refractivity contribution in [2.75, 3.05) is 6.54 Å². The molecule has 3 aliphatic heterocycles. The van der Waals surface area contributed by atoms with Crippen molar-refractivity contribution in [2.45, 2.75) is 141 Å². The lowest BCUT2D eigenvalue weighted by molar-refractivity contribution is -0.153. The molecule has 7 rings (SSSR count). The zero-order valence-electron chi connectivity index (χ0n) is 31.3. The number of sulfonamides is 1. The van der Waals surface area contributed by atoms with Crippen molar-refractivity contribution in [1.82, 2.24) is 14.6 Å². The van der Waals surface area contributed by atoms with Gasteiger partial charge in [-0.2, -0.15) is 0 Å². The summed E-state index contributed by atoms with van der Waals surface area (Å²) in [5, 5.41) is 0.420. The zero-order valence-corrected chi connectivity index (χ0v) is 32.2. The van der Waals surface area contributed by atoms with Crippen LogP contribution in [0.25, 0.3) is 10.9 Å². The number of carbonyl (C=O) groups excluding carboxylic acids is 4. The molecule has 11 nitrogen and oxygen atoms in total. The van der Waals surface area contributed by atoms with Crippen molar-refractivity contribution < 1.29 is 45.9 Å². The number of Topliss-reactive ketones (excluding diaryl/α,β-unsaturated/α-hetero) is 1. The predicted molar refractivity (Wildman–Crippen MR) is 201 cm³/mol. The molecule has 300 valence electrons. The molecule has 1 aromatic carbocycles. The number of benzene rings is 1. The number of ketones is 1. The van der Waals surface area contributed by atoms with Gasteiger partial charge < -0.3 is 14.4 Å². The maximum atomic E-state index is 14.7. The monoisotopic (exact) mass is 785 g/mol. The third kappa shape index (κ3) is 7.76. The first-order valence-electron chi connectivity index (χ1n) is 19.2. The Morgan fingerprint density at radius 2 is 1.82 bits per heavy atom. The van der Waals surface area contributed by atoms with Gasteiger partial charge in [0.2, 0.25) is 21.8 Å². The Bertz CT molecular complexity index is 2050. The summed E-state index contributed by atoms with van der Waals surface area (Å²) in [6.07, 6.45) is 8.46. The second kappa shape index (κ2) is 14.9. The van der Waals surface area contributed by atoms with Gasteiger partial charge in [0.15, 0.2) is 17.4 Å². The Balaban J connectivity index is 0.00000514. The van der Waals surface area contributed by atoms with Crippen LogP contribution in [0.15, 0.2) is 24.3 Å². The molecule has 0 unspecified atom stereocenters. The number of nitrogens with zero attached hydrogens (tertiary/aromatic N) is 2. The molecule has 2 saturated carbocycles. The first-order valence-corrected chi connectivity index (χ1v) is 20.7. The van der Waals surface area contributed by atoms with Crippen LogP contribution in [0.4, 0.5) is 8.78 Å². The highest BCUT2D eigenvalue weighted by Crippen LogP contribution is 2.58. The van der Waals surface area contributed by atoms with Gasteiger partial charge in [-0.15, -0.1) is 0 Å². The third-order valence-corrected chi connectivity index (χ3v) is 14.4. The SMILES string of the molecule is C.Cc1nc2cc(F)c(F)cc2c2c1O[C@]1(CC2)C[C@H]2C(=O)C[C@]3(C(=O)NS(=O)(=O)C4(C)CC4)C[C@H]3/C=C\CCCCC[C@H](CC(=O)OC(C)C)C(=O)N2C1. The molecule has 1 saturated heterocycles. The molecule has 14 heteroatoms. The van der Waals surface area contributed by atoms with Crippen LogP contribution < -0.4 is 9.46 Å². The molecule has 2 aliphatic carbocycles. The van der Waals surface area contributed by atoms with Crippen LogP contribution in [0.1, 0.15) is 117 Å². The Kier molecular flexibility index (Phi) is 11.0.